The van der Waals surface area contributed by atoms with E-state index in [4.69, 9.17) is 5.11 Å². The second-order valence-electron chi connectivity index (χ2n) is 4.65. The predicted octanol–water partition coefficient (Wildman–Crippen LogP) is 4.05. The van der Waals surface area contributed by atoms with Crippen LogP contribution in [0.15, 0.2) is 11.4 Å². The predicted molar refractivity (Wildman–Crippen MR) is 81.1 cm³/mol. The Balaban J connectivity index is 1.77. The fourth-order valence-corrected chi connectivity index (χ4v) is 4.40. The monoisotopic (exact) mass is 280 g/mol. The van der Waals surface area contributed by atoms with Gasteiger partial charge in [-0.15, -0.1) is 11.3 Å². The molecule has 2 rings (SSSR count). The Morgan fingerprint density at radius 2 is 2.17 bits per heavy atom. The molecule has 0 atom stereocenters. The molecule has 3 heteroatoms. The third kappa shape index (κ3) is 4.68. The van der Waals surface area contributed by atoms with E-state index in [0.717, 1.165) is 16.6 Å². The van der Waals surface area contributed by atoms with E-state index in [2.05, 4.69) is 35.0 Å². The van der Waals surface area contributed by atoms with Crippen LogP contribution >= 0.6 is 23.1 Å². The van der Waals surface area contributed by atoms with E-state index < -0.39 is 0 Å². The van der Waals surface area contributed by atoms with E-state index in [0.29, 0.717) is 6.42 Å². The molecule has 0 amide bonds. The Labute approximate surface area is 118 Å². The van der Waals surface area contributed by atoms with Gasteiger partial charge >= 0.3 is 0 Å². The summed E-state index contributed by atoms with van der Waals surface area (Å²) in [5.41, 5.74) is 1.10. The Morgan fingerprint density at radius 3 is 2.94 bits per heavy atom. The van der Waals surface area contributed by atoms with Crippen LogP contribution < -0.4 is 0 Å². The fourth-order valence-electron chi connectivity index (χ4n) is 2.17. The second-order valence-corrected chi connectivity index (χ2v) is 6.93. The number of rotatable bonds is 4. The lowest BCUT2D eigenvalue weighted by Crippen LogP contribution is -2.07. The van der Waals surface area contributed by atoms with E-state index in [1.807, 2.05) is 11.3 Å². The summed E-state index contributed by atoms with van der Waals surface area (Å²) in [4.78, 5) is 1.43. The van der Waals surface area contributed by atoms with E-state index in [1.54, 1.807) is 0 Å². The lowest BCUT2D eigenvalue weighted by Gasteiger charge is -2.20. The molecule has 1 heterocycles. The van der Waals surface area contributed by atoms with Gasteiger partial charge in [0.1, 0.15) is 0 Å². The summed E-state index contributed by atoms with van der Waals surface area (Å²) in [6, 6.07) is 2.20. The van der Waals surface area contributed by atoms with Crippen LogP contribution in [0.3, 0.4) is 0 Å². The average Bonchev–Trinajstić information content (AvgIpc) is 2.86. The fraction of sp³-hybridized carbons (Fsp3) is 0.600. The maximum absolute atomic E-state index is 8.67. The number of thioether (sulfide) groups is 1. The molecule has 1 aliphatic rings. The van der Waals surface area contributed by atoms with E-state index in [-0.39, 0.29) is 6.61 Å². The van der Waals surface area contributed by atoms with Gasteiger partial charge in [0.15, 0.2) is 0 Å². The van der Waals surface area contributed by atoms with Gasteiger partial charge in [-0.3, -0.25) is 0 Å². The molecule has 0 radical (unpaired) electrons. The van der Waals surface area contributed by atoms with Crippen LogP contribution in [0.5, 0.6) is 0 Å². The molecule has 0 bridgehead atoms. The zero-order chi connectivity index (χ0) is 12.6. The molecule has 1 aromatic rings. The Morgan fingerprint density at radius 1 is 1.33 bits per heavy atom. The molecule has 1 nitrogen and oxygen atoms in total. The first-order valence-electron chi connectivity index (χ1n) is 6.67. The number of hydrogen-bond acceptors (Lipinski definition) is 3. The van der Waals surface area contributed by atoms with Gasteiger partial charge in [-0.05, 0) is 18.9 Å². The van der Waals surface area contributed by atoms with Crippen LogP contribution in [-0.4, -0.2) is 17.0 Å². The Hall–Kier alpha value is -0.430. The molecule has 1 saturated carbocycles. The molecule has 98 valence electrons. The number of aliphatic hydroxyl groups is 1. The zero-order valence-corrected chi connectivity index (χ0v) is 12.3. The van der Waals surface area contributed by atoms with Gasteiger partial charge in [0, 0.05) is 33.2 Å². The van der Waals surface area contributed by atoms with Crippen molar-refractivity contribution in [1.82, 2.24) is 0 Å². The third-order valence-corrected chi connectivity index (χ3v) is 5.68. The van der Waals surface area contributed by atoms with Crippen LogP contribution in [0, 0.1) is 11.8 Å². The second kappa shape index (κ2) is 7.89. The molecule has 18 heavy (non-hydrogen) atoms. The molecule has 1 aromatic heterocycles. The summed E-state index contributed by atoms with van der Waals surface area (Å²) >= 11 is 3.92. The first-order chi connectivity index (χ1) is 8.88. The lowest BCUT2D eigenvalue weighted by molar-refractivity contribution is 0.305. The van der Waals surface area contributed by atoms with Crippen molar-refractivity contribution >= 4 is 23.1 Å². The summed E-state index contributed by atoms with van der Waals surface area (Å²) in [5.74, 6) is 7.20. The molecule has 0 aliphatic heterocycles. The van der Waals surface area contributed by atoms with Crippen molar-refractivity contribution in [2.75, 3.05) is 6.61 Å². The minimum absolute atomic E-state index is 0.154. The molecule has 0 unspecified atom stereocenters. The summed E-state index contributed by atoms with van der Waals surface area (Å²) in [5, 5.41) is 11.7. The van der Waals surface area contributed by atoms with Crippen LogP contribution in [-0.2, 0) is 5.75 Å². The van der Waals surface area contributed by atoms with Crippen molar-refractivity contribution in [3.63, 3.8) is 0 Å². The van der Waals surface area contributed by atoms with Crippen LogP contribution in [0.25, 0.3) is 0 Å². The van der Waals surface area contributed by atoms with Crippen LogP contribution in [0.1, 0.15) is 49.0 Å². The summed E-state index contributed by atoms with van der Waals surface area (Å²) in [7, 11) is 0. The van der Waals surface area contributed by atoms with Crippen molar-refractivity contribution in [1.29, 1.82) is 0 Å². The highest BCUT2D eigenvalue weighted by Gasteiger charge is 2.13. The molecule has 0 saturated heterocycles. The standard InChI is InChI=1S/C15H20OS2/c16-9-5-4-6-13-10-15(17-11-13)12-18-14-7-2-1-3-8-14/h10-11,14,16H,1-3,5,7-9,12H2. The summed E-state index contributed by atoms with van der Waals surface area (Å²) in [6.07, 6.45) is 7.64. The van der Waals surface area contributed by atoms with E-state index in [9.17, 15) is 0 Å². The maximum Gasteiger partial charge on any atom is 0.0540 e. The first-order valence-corrected chi connectivity index (χ1v) is 8.60. The summed E-state index contributed by atoms with van der Waals surface area (Å²) in [6.45, 7) is 0.154. The van der Waals surface area contributed by atoms with Gasteiger partial charge < -0.3 is 5.11 Å². The quantitative estimate of drug-likeness (QED) is 0.840. The van der Waals surface area contributed by atoms with Crippen molar-refractivity contribution in [2.45, 2.75) is 49.5 Å². The largest absolute Gasteiger partial charge is 0.395 e. The van der Waals surface area contributed by atoms with Gasteiger partial charge in [0.2, 0.25) is 0 Å². The molecule has 1 N–H and O–H groups in total. The molecular weight excluding hydrogens is 260 g/mol. The molecular formula is C15H20OS2. The lowest BCUT2D eigenvalue weighted by atomic mass is 10.0. The van der Waals surface area contributed by atoms with Gasteiger partial charge in [-0.2, -0.15) is 11.8 Å². The third-order valence-electron chi connectivity index (χ3n) is 3.14. The minimum Gasteiger partial charge on any atom is -0.395 e. The number of hydrogen-bond donors (Lipinski definition) is 1. The van der Waals surface area contributed by atoms with E-state index >= 15 is 0 Å². The van der Waals surface area contributed by atoms with Gasteiger partial charge in [-0.25, -0.2) is 0 Å². The van der Waals surface area contributed by atoms with E-state index in [1.165, 1.54) is 37.0 Å². The topological polar surface area (TPSA) is 20.2 Å². The van der Waals surface area contributed by atoms with Crippen molar-refractivity contribution in [3.8, 4) is 11.8 Å². The summed E-state index contributed by atoms with van der Waals surface area (Å²) < 4.78 is 0. The normalized spacial score (nSPS) is 16.3. The van der Waals surface area contributed by atoms with Crippen LogP contribution in [0.2, 0.25) is 0 Å². The molecule has 1 aliphatic carbocycles. The van der Waals surface area contributed by atoms with Gasteiger partial charge in [0.05, 0.1) is 6.61 Å². The first kappa shape index (κ1) is 14.0. The number of thiophene rings is 1. The SMILES string of the molecule is OCCC#Cc1csc(CSC2CCCCC2)c1. The average molecular weight is 280 g/mol. The molecule has 0 aromatic carbocycles. The van der Waals surface area contributed by atoms with Crippen molar-refractivity contribution in [2.24, 2.45) is 0 Å². The Kier molecular flexibility index (Phi) is 6.13. The van der Waals surface area contributed by atoms with Crippen LogP contribution in [0.4, 0.5) is 0 Å². The highest BCUT2D eigenvalue weighted by atomic mass is 32.2. The molecule has 0 spiro atoms. The van der Waals surface area contributed by atoms with Crippen molar-refractivity contribution < 1.29 is 5.11 Å². The smallest absolute Gasteiger partial charge is 0.0540 e. The zero-order valence-electron chi connectivity index (χ0n) is 10.7. The van der Waals surface area contributed by atoms with Gasteiger partial charge in [0.25, 0.3) is 0 Å². The minimum atomic E-state index is 0.154. The highest BCUT2D eigenvalue weighted by Crippen LogP contribution is 2.31. The van der Waals surface area contributed by atoms with Gasteiger partial charge in [-0.1, -0.05) is 31.1 Å². The van der Waals surface area contributed by atoms with Crippen molar-refractivity contribution in [3.05, 3.63) is 21.9 Å². The Bertz CT molecular complexity index is 408. The number of aliphatic hydroxyl groups excluding tert-OH is 1. The molecule has 1 fully saturated rings. The highest BCUT2D eigenvalue weighted by molar-refractivity contribution is 7.99. The maximum atomic E-state index is 8.67.